The maximum Gasteiger partial charge on any atom is 0.337 e. The molecule has 0 aliphatic carbocycles. The van der Waals surface area contributed by atoms with Crippen LogP contribution in [0.5, 0.6) is 0 Å². The van der Waals surface area contributed by atoms with E-state index in [0.717, 1.165) is 9.09 Å². The van der Waals surface area contributed by atoms with Crippen molar-refractivity contribution in [1.82, 2.24) is 0 Å². The van der Waals surface area contributed by atoms with Crippen LogP contribution in [0.1, 0.15) is 15.2 Å². The van der Waals surface area contributed by atoms with Crippen LogP contribution < -0.4 is 0 Å². The minimum Gasteiger partial charge on any atom is -0.478 e. The third-order valence-electron chi connectivity index (χ3n) is 1.24. The van der Waals surface area contributed by atoms with Crippen LogP contribution in [0, 0.1) is 6.92 Å². The molecule has 0 bridgehead atoms. The molecule has 1 aromatic rings. The number of thioether (sulfide) groups is 1. The number of carbonyl (C=O) groups is 1. The van der Waals surface area contributed by atoms with Crippen molar-refractivity contribution >= 4 is 29.1 Å². The van der Waals surface area contributed by atoms with Gasteiger partial charge in [0, 0.05) is 4.88 Å². The number of carboxylic acids is 1. The van der Waals surface area contributed by atoms with Crippen molar-refractivity contribution in [3.05, 3.63) is 16.5 Å². The van der Waals surface area contributed by atoms with E-state index in [1.165, 1.54) is 23.1 Å². The average molecular weight is 188 g/mol. The van der Waals surface area contributed by atoms with E-state index in [2.05, 4.69) is 0 Å². The molecule has 1 N–H and O–H groups in total. The van der Waals surface area contributed by atoms with Crippen LogP contribution in [-0.4, -0.2) is 17.3 Å². The molecular formula is C7H8O2S2. The van der Waals surface area contributed by atoms with Gasteiger partial charge in [0.1, 0.15) is 0 Å². The van der Waals surface area contributed by atoms with Crippen molar-refractivity contribution < 1.29 is 9.90 Å². The van der Waals surface area contributed by atoms with Gasteiger partial charge in [0.05, 0.1) is 9.77 Å². The summed E-state index contributed by atoms with van der Waals surface area (Å²) in [5.41, 5.74) is 0.431. The Labute approximate surface area is 73.2 Å². The van der Waals surface area contributed by atoms with Gasteiger partial charge < -0.3 is 5.11 Å². The Morgan fingerprint density at radius 1 is 1.73 bits per heavy atom. The van der Waals surface area contributed by atoms with Crippen LogP contribution >= 0.6 is 23.1 Å². The lowest BCUT2D eigenvalue weighted by atomic mass is 10.3. The summed E-state index contributed by atoms with van der Waals surface area (Å²) >= 11 is 3.01. The van der Waals surface area contributed by atoms with Crippen LogP contribution in [0.4, 0.5) is 0 Å². The highest BCUT2D eigenvalue weighted by atomic mass is 32.2. The van der Waals surface area contributed by atoms with Crippen molar-refractivity contribution in [1.29, 1.82) is 0 Å². The molecule has 0 saturated heterocycles. The summed E-state index contributed by atoms with van der Waals surface area (Å²) in [6.45, 7) is 1.91. The van der Waals surface area contributed by atoms with Gasteiger partial charge in [-0.15, -0.1) is 23.1 Å². The fraction of sp³-hybridized carbons (Fsp3) is 0.286. The van der Waals surface area contributed by atoms with Gasteiger partial charge in [-0.2, -0.15) is 0 Å². The fourth-order valence-electron chi connectivity index (χ4n) is 0.794. The Morgan fingerprint density at radius 3 is 2.73 bits per heavy atom. The fourth-order valence-corrected chi connectivity index (χ4v) is 2.61. The minimum absolute atomic E-state index is 0.431. The molecule has 1 aromatic heterocycles. The van der Waals surface area contributed by atoms with Crippen molar-refractivity contribution in [3.8, 4) is 0 Å². The van der Waals surface area contributed by atoms with Crippen molar-refractivity contribution in [2.45, 2.75) is 11.1 Å². The van der Waals surface area contributed by atoms with Crippen LogP contribution in [0.15, 0.2) is 10.3 Å². The molecule has 0 atom stereocenters. The number of hydrogen-bond acceptors (Lipinski definition) is 3. The SMILES string of the molecule is CSc1sc(C)cc1C(=O)O. The molecule has 0 aliphatic rings. The molecule has 1 heterocycles. The van der Waals surface area contributed by atoms with Crippen LogP contribution in [0.2, 0.25) is 0 Å². The van der Waals surface area contributed by atoms with Crippen molar-refractivity contribution in [3.63, 3.8) is 0 Å². The van der Waals surface area contributed by atoms with E-state index in [0.29, 0.717) is 5.56 Å². The molecule has 2 nitrogen and oxygen atoms in total. The quantitative estimate of drug-likeness (QED) is 0.724. The number of aryl methyl sites for hydroxylation is 1. The van der Waals surface area contributed by atoms with E-state index < -0.39 is 5.97 Å². The van der Waals surface area contributed by atoms with E-state index in [1.807, 2.05) is 13.2 Å². The lowest BCUT2D eigenvalue weighted by Crippen LogP contribution is -1.94. The van der Waals surface area contributed by atoms with Gasteiger partial charge in [0.15, 0.2) is 0 Å². The first-order valence-corrected chi connectivity index (χ1v) is 5.07. The van der Waals surface area contributed by atoms with Crippen LogP contribution in [-0.2, 0) is 0 Å². The topological polar surface area (TPSA) is 37.3 Å². The highest BCUT2D eigenvalue weighted by molar-refractivity contribution is 8.00. The van der Waals surface area contributed by atoms with Gasteiger partial charge in [-0.05, 0) is 19.2 Å². The van der Waals surface area contributed by atoms with Crippen molar-refractivity contribution in [2.75, 3.05) is 6.26 Å². The first-order chi connectivity index (χ1) is 5.15. The number of hydrogen-bond donors (Lipinski definition) is 1. The second kappa shape index (κ2) is 3.28. The maximum absolute atomic E-state index is 10.6. The van der Waals surface area contributed by atoms with Gasteiger partial charge in [-0.1, -0.05) is 0 Å². The lowest BCUT2D eigenvalue weighted by Gasteiger charge is -1.90. The van der Waals surface area contributed by atoms with E-state index in [9.17, 15) is 4.79 Å². The molecular weight excluding hydrogens is 180 g/mol. The van der Waals surface area contributed by atoms with Crippen molar-refractivity contribution in [2.24, 2.45) is 0 Å². The molecule has 0 fully saturated rings. The standard InChI is InChI=1S/C7H8O2S2/c1-4-3-5(6(8)9)7(10-2)11-4/h3H,1-2H3,(H,8,9). The minimum atomic E-state index is -0.835. The number of rotatable bonds is 2. The van der Waals surface area contributed by atoms with Gasteiger partial charge in [-0.3, -0.25) is 0 Å². The molecule has 0 aliphatic heterocycles. The van der Waals surface area contributed by atoms with Crippen LogP contribution in [0.3, 0.4) is 0 Å². The molecule has 0 spiro atoms. The van der Waals surface area contributed by atoms with Gasteiger partial charge in [0.2, 0.25) is 0 Å². The second-order valence-corrected chi connectivity index (χ2v) is 4.40. The summed E-state index contributed by atoms with van der Waals surface area (Å²) in [6.07, 6.45) is 1.89. The Bertz CT molecular complexity index is 278. The zero-order valence-electron chi connectivity index (χ0n) is 6.25. The zero-order valence-corrected chi connectivity index (χ0v) is 7.88. The predicted octanol–water partition coefficient (Wildman–Crippen LogP) is 2.48. The van der Waals surface area contributed by atoms with Gasteiger partial charge in [0.25, 0.3) is 0 Å². The molecule has 0 unspecified atom stereocenters. The third kappa shape index (κ3) is 1.75. The monoisotopic (exact) mass is 188 g/mol. The summed E-state index contributed by atoms with van der Waals surface area (Å²) in [7, 11) is 0. The molecule has 60 valence electrons. The Balaban J connectivity index is 3.12. The average Bonchev–Trinajstić information content (AvgIpc) is 2.30. The molecule has 11 heavy (non-hydrogen) atoms. The summed E-state index contributed by atoms with van der Waals surface area (Å²) in [5.74, 6) is -0.835. The molecule has 1 rings (SSSR count). The maximum atomic E-state index is 10.6. The summed E-state index contributed by atoms with van der Waals surface area (Å²) in [5, 5.41) is 8.70. The number of carboxylic acid groups (broad SMARTS) is 1. The smallest absolute Gasteiger partial charge is 0.337 e. The van der Waals surface area contributed by atoms with E-state index in [-0.39, 0.29) is 0 Å². The first kappa shape index (κ1) is 8.62. The lowest BCUT2D eigenvalue weighted by molar-refractivity contribution is 0.0694. The summed E-state index contributed by atoms with van der Waals surface area (Å²) in [6, 6.07) is 1.71. The number of thiophene rings is 1. The highest BCUT2D eigenvalue weighted by Crippen LogP contribution is 2.29. The molecule has 0 amide bonds. The van der Waals surface area contributed by atoms with E-state index >= 15 is 0 Å². The molecule has 0 saturated carbocycles. The normalized spacial score (nSPS) is 10.0. The number of aromatic carboxylic acids is 1. The van der Waals surface area contributed by atoms with E-state index in [1.54, 1.807) is 6.07 Å². The predicted molar refractivity (Wildman–Crippen MR) is 47.8 cm³/mol. The summed E-state index contributed by atoms with van der Waals surface area (Å²) < 4.78 is 0.884. The molecule has 0 aromatic carbocycles. The van der Waals surface area contributed by atoms with Gasteiger partial charge in [-0.25, -0.2) is 4.79 Å². The largest absolute Gasteiger partial charge is 0.478 e. The van der Waals surface area contributed by atoms with Crippen LogP contribution in [0.25, 0.3) is 0 Å². The zero-order chi connectivity index (χ0) is 8.43. The molecule has 4 heteroatoms. The Hall–Kier alpha value is -0.480. The summed E-state index contributed by atoms with van der Waals surface area (Å²) in [4.78, 5) is 11.6. The highest BCUT2D eigenvalue weighted by Gasteiger charge is 2.11. The Kier molecular flexibility index (Phi) is 2.57. The first-order valence-electron chi connectivity index (χ1n) is 3.03. The second-order valence-electron chi connectivity index (χ2n) is 2.07. The third-order valence-corrected chi connectivity index (χ3v) is 3.42. The Morgan fingerprint density at radius 2 is 2.36 bits per heavy atom. The van der Waals surface area contributed by atoms with E-state index in [4.69, 9.17) is 5.11 Å². The molecule has 0 radical (unpaired) electrons. The van der Waals surface area contributed by atoms with Gasteiger partial charge >= 0.3 is 5.97 Å².